The third-order valence-electron chi connectivity index (χ3n) is 2.56. The van der Waals surface area contributed by atoms with Crippen molar-refractivity contribution < 1.29 is 0 Å². The second kappa shape index (κ2) is 3.71. The molecule has 0 fully saturated rings. The Morgan fingerprint density at radius 1 is 1.25 bits per heavy atom. The predicted octanol–water partition coefficient (Wildman–Crippen LogP) is 0.742. The van der Waals surface area contributed by atoms with Crippen molar-refractivity contribution in [1.82, 2.24) is 24.7 Å². The van der Waals surface area contributed by atoms with Gasteiger partial charge in [0.15, 0.2) is 5.82 Å². The minimum absolute atomic E-state index is 0.407. The first kappa shape index (κ1) is 9.53. The maximum absolute atomic E-state index is 5.81. The van der Waals surface area contributed by atoms with E-state index in [0.29, 0.717) is 11.7 Å². The summed E-state index contributed by atoms with van der Waals surface area (Å²) in [5, 5.41) is 8.33. The van der Waals surface area contributed by atoms with Crippen LogP contribution in [-0.4, -0.2) is 31.3 Å². The summed E-state index contributed by atoms with van der Waals surface area (Å²) < 4.78 is 2.04. The second-order valence-corrected chi connectivity index (χ2v) is 3.95. The molecule has 0 aliphatic carbocycles. The fraction of sp³-hybridized carbons (Fsp3) is 0.333. The fourth-order valence-corrected chi connectivity index (χ4v) is 1.89. The molecule has 2 aromatic rings. The van der Waals surface area contributed by atoms with E-state index in [1.54, 1.807) is 12.5 Å². The van der Waals surface area contributed by atoms with E-state index in [0.717, 1.165) is 24.7 Å². The van der Waals surface area contributed by atoms with Crippen LogP contribution in [0.2, 0.25) is 5.15 Å². The SMILES string of the molecule is Clc1cncc(N2CCn3cnnc3C2)n1. The number of hydrogen-bond donors (Lipinski definition) is 0. The number of nitrogens with zero attached hydrogens (tertiary/aromatic N) is 6. The first-order valence-electron chi connectivity index (χ1n) is 4.92. The van der Waals surface area contributed by atoms with Gasteiger partial charge >= 0.3 is 0 Å². The molecule has 3 rings (SSSR count). The molecule has 3 heterocycles. The molecule has 0 unspecified atom stereocenters. The molecule has 0 spiro atoms. The normalized spacial score (nSPS) is 14.9. The van der Waals surface area contributed by atoms with Gasteiger partial charge in [0.2, 0.25) is 0 Å². The van der Waals surface area contributed by atoms with Gasteiger partial charge < -0.3 is 9.47 Å². The van der Waals surface area contributed by atoms with Crippen molar-refractivity contribution in [2.45, 2.75) is 13.1 Å². The van der Waals surface area contributed by atoms with Crippen LogP contribution in [0.5, 0.6) is 0 Å². The Hall–Kier alpha value is -1.69. The van der Waals surface area contributed by atoms with E-state index in [9.17, 15) is 0 Å². The molecule has 0 atom stereocenters. The summed E-state index contributed by atoms with van der Waals surface area (Å²) in [6, 6.07) is 0. The molecule has 0 bridgehead atoms. The quantitative estimate of drug-likeness (QED) is 0.731. The summed E-state index contributed by atoms with van der Waals surface area (Å²) in [5.74, 6) is 1.72. The van der Waals surface area contributed by atoms with Crippen molar-refractivity contribution >= 4 is 17.4 Å². The lowest BCUT2D eigenvalue weighted by Gasteiger charge is -2.27. The van der Waals surface area contributed by atoms with Gasteiger partial charge in [-0.2, -0.15) is 0 Å². The lowest BCUT2D eigenvalue weighted by atomic mass is 10.3. The molecular formula is C9H9ClN6. The zero-order valence-electron chi connectivity index (χ0n) is 8.41. The van der Waals surface area contributed by atoms with Gasteiger partial charge in [0.25, 0.3) is 0 Å². The number of aromatic nitrogens is 5. The molecule has 2 aromatic heterocycles. The van der Waals surface area contributed by atoms with Gasteiger partial charge in [-0.3, -0.25) is 4.98 Å². The van der Waals surface area contributed by atoms with Crippen molar-refractivity contribution in [1.29, 1.82) is 0 Å². The summed E-state index contributed by atoms with van der Waals surface area (Å²) in [7, 11) is 0. The van der Waals surface area contributed by atoms with Crippen molar-refractivity contribution in [3.63, 3.8) is 0 Å². The highest BCUT2D eigenvalue weighted by atomic mass is 35.5. The van der Waals surface area contributed by atoms with Crippen molar-refractivity contribution in [2.75, 3.05) is 11.4 Å². The zero-order valence-corrected chi connectivity index (χ0v) is 9.17. The van der Waals surface area contributed by atoms with E-state index in [4.69, 9.17) is 11.6 Å². The van der Waals surface area contributed by atoms with Gasteiger partial charge in [0.1, 0.15) is 17.3 Å². The van der Waals surface area contributed by atoms with Crippen LogP contribution in [-0.2, 0) is 13.1 Å². The van der Waals surface area contributed by atoms with Crippen LogP contribution in [0, 0.1) is 0 Å². The smallest absolute Gasteiger partial charge is 0.152 e. The Bertz CT molecular complexity index is 510. The molecule has 7 heteroatoms. The second-order valence-electron chi connectivity index (χ2n) is 3.56. The highest BCUT2D eigenvalue weighted by Gasteiger charge is 2.18. The molecule has 0 amide bonds. The Labute approximate surface area is 96.9 Å². The first-order valence-corrected chi connectivity index (χ1v) is 5.30. The maximum atomic E-state index is 5.81. The molecule has 1 aliphatic rings. The van der Waals surface area contributed by atoms with E-state index in [1.807, 2.05) is 4.57 Å². The van der Waals surface area contributed by atoms with E-state index in [-0.39, 0.29) is 0 Å². The summed E-state index contributed by atoms with van der Waals surface area (Å²) in [6.45, 7) is 2.41. The molecule has 0 saturated heterocycles. The largest absolute Gasteiger partial charge is 0.346 e. The minimum Gasteiger partial charge on any atom is -0.346 e. The van der Waals surface area contributed by atoms with Crippen LogP contribution in [0.15, 0.2) is 18.7 Å². The average molecular weight is 237 g/mol. The van der Waals surface area contributed by atoms with E-state index >= 15 is 0 Å². The molecule has 16 heavy (non-hydrogen) atoms. The molecule has 0 radical (unpaired) electrons. The van der Waals surface area contributed by atoms with Crippen LogP contribution in [0.25, 0.3) is 0 Å². The zero-order chi connectivity index (χ0) is 11.0. The summed E-state index contributed by atoms with van der Waals surface area (Å²) in [5.41, 5.74) is 0. The molecule has 0 saturated carbocycles. The topological polar surface area (TPSA) is 59.7 Å². The van der Waals surface area contributed by atoms with Crippen LogP contribution in [0.3, 0.4) is 0 Å². The molecular weight excluding hydrogens is 228 g/mol. The number of halogens is 1. The maximum Gasteiger partial charge on any atom is 0.152 e. The van der Waals surface area contributed by atoms with Crippen molar-refractivity contribution in [2.24, 2.45) is 0 Å². The Balaban J connectivity index is 1.88. The van der Waals surface area contributed by atoms with Crippen LogP contribution in [0.4, 0.5) is 5.82 Å². The minimum atomic E-state index is 0.407. The molecule has 6 nitrogen and oxygen atoms in total. The van der Waals surface area contributed by atoms with Gasteiger partial charge in [-0.25, -0.2) is 4.98 Å². The van der Waals surface area contributed by atoms with Crippen LogP contribution >= 0.6 is 11.6 Å². The standard InChI is InChI=1S/C9H9ClN6/c10-7-3-11-4-8(13-7)15-1-2-16-6-12-14-9(16)5-15/h3-4,6H,1-2,5H2. The van der Waals surface area contributed by atoms with Gasteiger partial charge in [-0.05, 0) is 0 Å². The third-order valence-corrected chi connectivity index (χ3v) is 2.74. The van der Waals surface area contributed by atoms with Crippen LogP contribution in [0.1, 0.15) is 5.82 Å². The van der Waals surface area contributed by atoms with E-state index in [2.05, 4.69) is 25.1 Å². The van der Waals surface area contributed by atoms with Crippen molar-refractivity contribution in [3.05, 3.63) is 29.7 Å². The van der Waals surface area contributed by atoms with Gasteiger partial charge in [0, 0.05) is 13.1 Å². The lowest BCUT2D eigenvalue weighted by Crippen LogP contribution is -2.34. The monoisotopic (exact) mass is 236 g/mol. The number of anilines is 1. The molecule has 0 N–H and O–H groups in total. The number of rotatable bonds is 1. The summed E-state index contributed by atoms with van der Waals surface area (Å²) >= 11 is 5.81. The Morgan fingerprint density at radius 3 is 3.06 bits per heavy atom. The molecule has 0 aromatic carbocycles. The highest BCUT2D eigenvalue weighted by molar-refractivity contribution is 6.29. The van der Waals surface area contributed by atoms with E-state index < -0.39 is 0 Å². The van der Waals surface area contributed by atoms with Gasteiger partial charge in [0.05, 0.1) is 18.9 Å². The average Bonchev–Trinajstić information content (AvgIpc) is 2.75. The van der Waals surface area contributed by atoms with Crippen LogP contribution < -0.4 is 4.90 Å². The highest BCUT2D eigenvalue weighted by Crippen LogP contribution is 2.17. The lowest BCUT2D eigenvalue weighted by molar-refractivity contribution is 0.555. The summed E-state index contributed by atoms with van der Waals surface area (Å²) in [4.78, 5) is 10.3. The first-order chi connectivity index (χ1) is 7.83. The molecule has 82 valence electrons. The van der Waals surface area contributed by atoms with Gasteiger partial charge in [-0.1, -0.05) is 11.6 Å². The number of fused-ring (bicyclic) bond motifs is 1. The molecule has 1 aliphatic heterocycles. The van der Waals surface area contributed by atoms with Gasteiger partial charge in [-0.15, -0.1) is 10.2 Å². The van der Waals surface area contributed by atoms with Crippen molar-refractivity contribution in [3.8, 4) is 0 Å². The van der Waals surface area contributed by atoms with E-state index in [1.165, 1.54) is 6.20 Å². The predicted molar refractivity (Wildman–Crippen MR) is 58.1 cm³/mol. The Kier molecular flexibility index (Phi) is 2.21. The third kappa shape index (κ3) is 1.61. The summed E-state index contributed by atoms with van der Waals surface area (Å²) in [6.07, 6.45) is 4.98. The Morgan fingerprint density at radius 2 is 2.19 bits per heavy atom. The number of hydrogen-bond acceptors (Lipinski definition) is 5. The fourth-order valence-electron chi connectivity index (χ4n) is 1.75.